The molecule has 1 atom stereocenters. The number of hydrogen-bond donors (Lipinski definition) is 1. The van der Waals surface area contributed by atoms with Gasteiger partial charge < -0.3 is 14.7 Å². The Morgan fingerprint density at radius 3 is 3.15 bits per heavy atom. The zero-order valence-corrected chi connectivity index (χ0v) is 15.9. The van der Waals surface area contributed by atoms with Gasteiger partial charge in [-0.3, -0.25) is 0 Å². The van der Waals surface area contributed by atoms with Crippen LogP contribution in [-0.4, -0.2) is 34.2 Å². The number of rotatable bonds is 5. The van der Waals surface area contributed by atoms with Crippen LogP contribution in [0.2, 0.25) is 0 Å². The molecule has 136 valence electrons. The molecule has 1 N–H and O–H groups in total. The summed E-state index contributed by atoms with van der Waals surface area (Å²) in [6, 6.07) is 6.02. The van der Waals surface area contributed by atoms with Crippen LogP contribution in [-0.2, 0) is 13.0 Å². The Labute approximate surface area is 159 Å². The van der Waals surface area contributed by atoms with Crippen LogP contribution in [0.15, 0.2) is 38.9 Å². The molecule has 3 aromatic heterocycles. The minimum absolute atomic E-state index is 0.00703. The third-order valence-electron chi connectivity index (χ3n) is 4.51. The molecule has 4 rings (SSSR count). The molecule has 0 bridgehead atoms. The molecular formula is C18H20N4O2S2. The number of nitrogens with one attached hydrogen (secondary N) is 1. The third-order valence-corrected chi connectivity index (χ3v) is 6.07. The lowest BCUT2D eigenvalue weighted by Gasteiger charge is -2.32. The van der Waals surface area contributed by atoms with Crippen LogP contribution in [0.5, 0.6) is 0 Å². The number of likely N-dealkylation sites (tertiary alicyclic amines) is 1. The molecule has 4 heterocycles. The van der Waals surface area contributed by atoms with Gasteiger partial charge in [-0.1, -0.05) is 11.2 Å². The van der Waals surface area contributed by atoms with Gasteiger partial charge in [-0.25, -0.2) is 4.79 Å². The summed E-state index contributed by atoms with van der Waals surface area (Å²) in [6.07, 6.45) is 2.79. The monoisotopic (exact) mass is 388 g/mol. The molecule has 1 unspecified atom stereocenters. The first-order chi connectivity index (χ1) is 12.8. The zero-order chi connectivity index (χ0) is 17.8. The number of aromatic nitrogens is 2. The fourth-order valence-electron chi connectivity index (χ4n) is 3.20. The summed E-state index contributed by atoms with van der Waals surface area (Å²) in [5.41, 5.74) is 0.989. The van der Waals surface area contributed by atoms with E-state index in [1.54, 1.807) is 22.7 Å². The first-order valence-electron chi connectivity index (χ1n) is 8.68. The fourth-order valence-corrected chi connectivity index (χ4v) is 4.48. The highest BCUT2D eigenvalue weighted by Crippen LogP contribution is 2.23. The molecule has 0 saturated carbocycles. The summed E-state index contributed by atoms with van der Waals surface area (Å²) in [6.45, 7) is 2.12. The van der Waals surface area contributed by atoms with Crippen molar-refractivity contribution < 1.29 is 9.32 Å². The van der Waals surface area contributed by atoms with E-state index in [1.165, 1.54) is 4.88 Å². The Balaban J connectivity index is 1.31. The highest BCUT2D eigenvalue weighted by Gasteiger charge is 2.25. The van der Waals surface area contributed by atoms with Crippen molar-refractivity contribution in [2.24, 2.45) is 5.92 Å². The van der Waals surface area contributed by atoms with Crippen molar-refractivity contribution in [3.63, 3.8) is 0 Å². The number of piperidine rings is 1. The SMILES string of the molecule is O=C(NCc1cccs1)N1CCCC(Cc2nc(-c3ccsc3)no2)C1. The zero-order valence-electron chi connectivity index (χ0n) is 14.3. The summed E-state index contributed by atoms with van der Waals surface area (Å²) in [5, 5.41) is 13.1. The van der Waals surface area contributed by atoms with E-state index in [4.69, 9.17) is 4.52 Å². The average molecular weight is 389 g/mol. The van der Waals surface area contributed by atoms with Crippen molar-refractivity contribution >= 4 is 28.7 Å². The molecule has 3 aromatic rings. The maximum atomic E-state index is 12.4. The highest BCUT2D eigenvalue weighted by molar-refractivity contribution is 7.09. The van der Waals surface area contributed by atoms with E-state index in [1.807, 2.05) is 39.2 Å². The molecule has 1 fully saturated rings. The molecule has 26 heavy (non-hydrogen) atoms. The smallest absolute Gasteiger partial charge is 0.317 e. The Morgan fingerprint density at radius 2 is 2.35 bits per heavy atom. The van der Waals surface area contributed by atoms with Gasteiger partial charge >= 0.3 is 6.03 Å². The largest absolute Gasteiger partial charge is 0.339 e. The second-order valence-electron chi connectivity index (χ2n) is 6.42. The average Bonchev–Trinajstić information content (AvgIpc) is 3.41. The van der Waals surface area contributed by atoms with E-state index in [0.717, 1.165) is 31.5 Å². The molecule has 0 spiro atoms. The molecule has 0 radical (unpaired) electrons. The minimum Gasteiger partial charge on any atom is -0.339 e. The van der Waals surface area contributed by atoms with Crippen molar-refractivity contribution in [1.29, 1.82) is 0 Å². The molecule has 0 aromatic carbocycles. The van der Waals surface area contributed by atoms with Crippen molar-refractivity contribution in [2.45, 2.75) is 25.8 Å². The highest BCUT2D eigenvalue weighted by atomic mass is 32.1. The van der Waals surface area contributed by atoms with Crippen molar-refractivity contribution in [3.05, 3.63) is 45.1 Å². The lowest BCUT2D eigenvalue weighted by molar-refractivity contribution is 0.161. The Morgan fingerprint density at radius 1 is 1.38 bits per heavy atom. The van der Waals surface area contributed by atoms with Gasteiger partial charge in [0.1, 0.15) is 0 Å². The van der Waals surface area contributed by atoms with Crippen LogP contribution in [0.25, 0.3) is 11.4 Å². The van der Waals surface area contributed by atoms with Gasteiger partial charge in [0, 0.05) is 35.3 Å². The standard InChI is InChI=1S/C18H20N4O2S2/c23-18(19-10-15-4-2-7-26-15)22-6-1-3-13(11-22)9-16-20-17(21-24-16)14-5-8-25-12-14/h2,4-5,7-8,12-13H,1,3,6,9-11H2,(H,19,23). The van der Waals surface area contributed by atoms with Gasteiger partial charge in [0.2, 0.25) is 11.7 Å². The lowest BCUT2D eigenvalue weighted by atomic mass is 9.95. The van der Waals surface area contributed by atoms with Crippen LogP contribution in [0.3, 0.4) is 0 Å². The summed E-state index contributed by atoms with van der Waals surface area (Å²) in [4.78, 5) is 20.0. The molecule has 1 aliphatic heterocycles. The predicted octanol–water partition coefficient (Wildman–Crippen LogP) is 4.02. The molecule has 0 aliphatic carbocycles. The van der Waals surface area contributed by atoms with E-state index in [-0.39, 0.29) is 6.03 Å². The number of hydrogen-bond acceptors (Lipinski definition) is 6. The quantitative estimate of drug-likeness (QED) is 0.716. The molecular weight excluding hydrogens is 368 g/mol. The van der Waals surface area contributed by atoms with Crippen LogP contribution in [0, 0.1) is 5.92 Å². The van der Waals surface area contributed by atoms with Gasteiger partial charge in [-0.05, 0) is 41.7 Å². The number of urea groups is 1. The topological polar surface area (TPSA) is 71.3 Å². The number of carbonyl (C=O) groups excluding carboxylic acids is 1. The molecule has 8 heteroatoms. The van der Waals surface area contributed by atoms with E-state index < -0.39 is 0 Å². The van der Waals surface area contributed by atoms with Gasteiger partial charge in [0.25, 0.3) is 0 Å². The Bertz CT molecular complexity index is 829. The Kier molecular flexibility index (Phi) is 5.31. The van der Waals surface area contributed by atoms with Crippen molar-refractivity contribution in [3.8, 4) is 11.4 Å². The summed E-state index contributed by atoms with van der Waals surface area (Å²) in [7, 11) is 0. The van der Waals surface area contributed by atoms with Gasteiger partial charge in [-0.15, -0.1) is 11.3 Å². The van der Waals surface area contributed by atoms with E-state index in [0.29, 0.717) is 30.6 Å². The normalized spacial score (nSPS) is 17.4. The number of thiophene rings is 2. The molecule has 2 amide bonds. The third kappa shape index (κ3) is 4.13. The second-order valence-corrected chi connectivity index (χ2v) is 8.23. The second kappa shape index (κ2) is 8.01. The van der Waals surface area contributed by atoms with Crippen LogP contribution in [0.4, 0.5) is 4.79 Å². The van der Waals surface area contributed by atoms with Crippen LogP contribution >= 0.6 is 22.7 Å². The van der Waals surface area contributed by atoms with E-state index >= 15 is 0 Å². The first kappa shape index (κ1) is 17.2. The summed E-state index contributed by atoms with van der Waals surface area (Å²) < 4.78 is 5.41. The van der Waals surface area contributed by atoms with Crippen molar-refractivity contribution in [2.75, 3.05) is 13.1 Å². The first-order valence-corrected chi connectivity index (χ1v) is 10.5. The molecule has 1 aliphatic rings. The molecule has 6 nitrogen and oxygen atoms in total. The number of amides is 2. The van der Waals surface area contributed by atoms with Crippen LogP contribution in [0.1, 0.15) is 23.6 Å². The predicted molar refractivity (Wildman–Crippen MR) is 102 cm³/mol. The van der Waals surface area contributed by atoms with E-state index in [9.17, 15) is 4.79 Å². The van der Waals surface area contributed by atoms with Gasteiger partial charge in [-0.2, -0.15) is 16.3 Å². The Hall–Kier alpha value is -2.19. The maximum absolute atomic E-state index is 12.4. The van der Waals surface area contributed by atoms with E-state index in [2.05, 4.69) is 15.5 Å². The number of nitrogens with zero attached hydrogens (tertiary/aromatic N) is 3. The minimum atomic E-state index is 0.00703. The van der Waals surface area contributed by atoms with Crippen LogP contribution < -0.4 is 5.32 Å². The molecule has 1 saturated heterocycles. The van der Waals surface area contributed by atoms with Crippen molar-refractivity contribution in [1.82, 2.24) is 20.4 Å². The summed E-state index contributed by atoms with van der Waals surface area (Å²) in [5.74, 6) is 1.65. The van der Waals surface area contributed by atoms with Gasteiger partial charge in [0.15, 0.2) is 0 Å². The maximum Gasteiger partial charge on any atom is 0.317 e. The number of carbonyl (C=O) groups is 1. The fraction of sp³-hybridized carbons (Fsp3) is 0.389. The lowest BCUT2D eigenvalue weighted by Crippen LogP contribution is -2.45. The van der Waals surface area contributed by atoms with Gasteiger partial charge in [0.05, 0.1) is 6.54 Å². The summed E-state index contributed by atoms with van der Waals surface area (Å²) >= 11 is 3.27.